The van der Waals surface area contributed by atoms with E-state index in [0.29, 0.717) is 6.42 Å². The maximum Gasteiger partial charge on any atom is 0.264 e. The van der Waals surface area contributed by atoms with Crippen LogP contribution >= 0.6 is 11.6 Å². The third-order valence-electron chi connectivity index (χ3n) is 5.97. The van der Waals surface area contributed by atoms with Gasteiger partial charge in [-0.1, -0.05) is 73.1 Å². The minimum atomic E-state index is -4.14. The fourth-order valence-electron chi connectivity index (χ4n) is 3.94. The van der Waals surface area contributed by atoms with Crippen LogP contribution in [0.2, 0.25) is 5.02 Å². The number of carbonyl (C=O) groups excluding carboxylic acids is 2. The van der Waals surface area contributed by atoms with Crippen LogP contribution in [0.3, 0.4) is 0 Å². The number of sulfonamides is 1. The number of hydrogen-bond acceptors (Lipinski definition) is 4. The summed E-state index contributed by atoms with van der Waals surface area (Å²) in [5.74, 6) is -0.845. The standard InChI is InChI=1S/C27H30ClN3O4S/c1-4-24(27(33)29-3)30(18-21-13-9-8-12-20(21)2)26(32)19-31(25-17-11-10-16-23(25)28)36(34,35)22-14-6-5-7-15-22/h5-17,24H,4,18-19H2,1-3H3,(H,29,33)/t24-/m0/s1. The van der Waals surface area contributed by atoms with Gasteiger partial charge in [0.1, 0.15) is 12.6 Å². The molecule has 0 saturated carbocycles. The third kappa shape index (κ3) is 6.06. The molecule has 0 fully saturated rings. The van der Waals surface area contributed by atoms with Gasteiger partial charge in [0.25, 0.3) is 10.0 Å². The Hall–Kier alpha value is -3.36. The lowest BCUT2D eigenvalue weighted by atomic mass is 10.1. The van der Waals surface area contributed by atoms with Crippen molar-refractivity contribution in [3.05, 3.63) is 95.0 Å². The number of rotatable bonds is 10. The van der Waals surface area contributed by atoms with Crippen molar-refractivity contribution in [2.75, 3.05) is 17.9 Å². The number of nitrogens with zero attached hydrogens (tertiary/aromatic N) is 2. The summed E-state index contributed by atoms with van der Waals surface area (Å²) in [5, 5.41) is 2.80. The molecule has 3 aromatic rings. The molecule has 0 bridgehead atoms. The van der Waals surface area contributed by atoms with Crippen molar-refractivity contribution in [1.29, 1.82) is 0 Å². The van der Waals surface area contributed by atoms with E-state index >= 15 is 0 Å². The molecule has 1 atom stereocenters. The first-order chi connectivity index (χ1) is 17.2. The molecule has 0 spiro atoms. The summed E-state index contributed by atoms with van der Waals surface area (Å²) in [6.45, 7) is 3.36. The van der Waals surface area contributed by atoms with Gasteiger partial charge in [-0.25, -0.2) is 8.42 Å². The Labute approximate surface area is 217 Å². The molecule has 7 nitrogen and oxygen atoms in total. The molecule has 9 heteroatoms. The van der Waals surface area contributed by atoms with Crippen LogP contribution in [0.4, 0.5) is 5.69 Å². The van der Waals surface area contributed by atoms with Crippen molar-refractivity contribution >= 4 is 39.1 Å². The summed E-state index contributed by atoms with van der Waals surface area (Å²) in [4.78, 5) is 28.0. The Morgan fingerprint density at radius 1 is 0.944 bits per heavy atom. The highest BCUT2D eigenvalue weighted by molar-refractivity contribution is 7.92. The van der Waals surface area contributed by atoms with Gasteiger partial charge in [0.15, 0.2) is 0 Å². The van der Waals surface area contributed by atoms with Crippen LogP contribution in [0.25, 0.3) is 0 Å². The van der Waals surface area contributed by atoms with Gasteiger partial charge in [0, 0.05) is 13.6 Å². The number of hydrogen-bond donors (Lipinski definition) is 1. The predicted octanol–water partition coefficient (Wildman–Crippen LogP) is 4.40. The molecule has 0 aliphatic rings. The lowest BCUT2D eigenvalue weighted by molar-refractivity contribution is -0.140. The topological polar surface area (TPSA) is 86.8 Å². The quantitative estimate of drug-likeness (QED) is 0.423. The molecule has 36 heavy (non-hydrogen) atoms. The highest BCUT2D eigenvalue weighted by Crippen LogP contribution is 2.30. The number of benzene rings is 3. The van der Waals surface area contributed by atoms with Crippen molar-refractivity contribution in [3.63, 3.8) is 0 Å². The number of para-hydroxylation sites is 1. The van der Waals surface area contributed by atoms with Crippen LogP contribution in [-0.4, -0.2) is 44.8 Å². The van der Waals surface area contributed by atoms with E-state index in [-0.39, 0.29) is 28.1 Å². The first-order valence-electron chi connectivity index (χ1n) is 11.6. The maximum atomic E-state index is 13.8. The van der Waals surface area contributed by atoms with Gasteiger partial charge in [-0.05, 0) is 48.7 Å². The number of amides is 2. The Morgan fingerprint density at radius 2 is 1.56 bits per heavy atom. The molecule has 0 aromatic heterocycles. The molecule has 190 valence electrons. The monoisotopic (exact) mass is 527 g/mol. The van der Waals surface area contributed by atoms with E-state index in [9.17, 15) is 18.0 Å². The molecule has 0 saturated heterocycles. The first kappa shape index (κ1) is 27.2. The van der Waals surface area contributed by atoms with E-state index in [4.69, 9.17) is 11.6 Å². The molecular weight excluding hydrogens is 498 g/mol. The Morgan fingerprint density at radius 3 is 2.17 bits per heavy atom. The molecule has 3 aromatic carbocycles. The molecule has 0 unspecified atom stereocenters. The van der Waals surface area contributed by atoms with Crippen LogP contribution in [0.5, 0.6) is 0 Å². The molecule has 0 aliphatic carbocycles. The molecule has 2 amide bonds. The summed E-state index contributed by atoms with van der Waals surface area (Å²) in [5.41, 5.74) is 2.01. The van der Waals surface area contributed by atoms with E-state index in [0.717, 1.165) is 15.4 Å². The van der Waals surface area contributed by atoms with E-state index < -0.39 is 28.5 Å². The zero-order valence-electron chi connectivity index (χ0n) is 20.5. The minimum Gasteiger partial charge on any atom is -0.357 e. The largest absolute Gasteiger partial charge is 0.357 e. The summed E-state index contributed by atoms with van der Waals surface area (Å²) >= 11 is 6.39. The highest BCUT2D eigenvalue weighted by Gasteiger charge is 2.34. The summed E-state index contributed by atoms with van der Waals surface area (Å²) in [6.07, 6.45) is 0.356. The van der Waals surface area contributed by atoms with E-state index in [2.05, 4.69) is 5.32 Å². The molecule has 0 radical (unpaired) electrons. The molecule has 1 N–H and O–H groups in total. The van der Waals surface area contributed by atoms with Crippen LogP contribution in [0, 0.1) is 6.92 Å². The third-order valence-corrected chi connectivity index (χ3v) is 8.06. The van der Waals surface area contributed by atoms with Gasteiger partial charge in [-0.3, -0.25) is 13.9 Å². The van der Waals surface area contributed by atoms with Gasteiger partial charge in [0.05, 0.1) is 15.6 Å². The van der Waals surface area contributed by atoms with Gasteiger partial charge < -0.3 is 10.2 Å². The number of nitrogens with one attached hydrogen (secondary N) is 1. The Kier molecular flexibility index (Phi) is 9.12. The Bertz CT molecular complexity index is 1320. The minimum absolute atomic E-state index is 0.0292. The number of likely N-dealkylation sites (N-methyl/N-ethyl adjacent to an activating group) is 1. The van der Waals surface area contributed by atoms with Gasteiger partial charge in [-0.15, -0.1) is 0 Å². The van der Waals surface area contributed by atoms with Gasteiger partial charge >= 0.3 is 0 Å². The second-order valence-electron chi connectivity index (χ2n) is 8.26. The van der Waals surface area contributed by atoms with Gasteiger partial charge in [-0.2, -0.15) is 0 Å². The second kappa shape index (κ2) is 12.1. The van der Waals surface area contributed by atoms with Crippen LogP contribution in [-0.2, 0) is 26.2 Å². The van der Waals surface area contributed by atoms with Crippen molar-refractivity contribution in [2.45, 2.75) is 37.8 Å². The van der Waals surface area contributed by atoms with Crippen molar-refractivity contribution in [1.82, 2.24) is 10.2 Å². The zero-order chi connectivity index (χ0) is 26.3. The summed E-state index contributed by atoms with van der Waals surface area (Å²) in [6, 6.07) is 21.1. The second-order valence-corrected chi connectivity index (χ2v) is 10.5. The fourth-order valence-corrected chi connectivity index (χ4v) is 5.69. The van der Waals surface area contributed by atoms with E-state index in [1.807, 2.05) is 38.1 Å². The lowest BCUT2D eigenvalue weighted by Gasteiger charge is -2.33. The highest BCUT2D eigenvalue weighted by atomic mass is 35.5. The van der Waals surface area contributed by atoms with Crippen molar-refractivity contribution in [2.24, 2.45) is 0 Å². The average Bonchev–Trinajstić information content (AvgIpc) is 2.88. The zero-order valence-corrected chi connectivity index (χ0v) is 22.1. The van der Waals surface area contributed by atoms with E-state index in [1.54, 1.807) is 42.5 Å². The number of aryl methyl sites for hydroxylation is 1. The normalized spacial score (nSPS) is 12.0. The fraction of sp³-hybridized carbons (Fsp3) is 0.259. The van der Waals surface area contributed by atoms with Crippen molar-refractivity contribution in [3.8, 4) is 0 Å². The molecular formula is C27H30ClN3O4S. The van der Waals surface area contributed by atoms with Gasteiger partial charge in [0.2, 0.25) is 11.8 Å². The summed E-state index contributed by atoms with van der Waals surface area (Å²) < 4.78 is 28.4. The summed E-state index contributed by atoms with van der Waals surface area (Å²) in [7, 11) is -2.63. The van der Waals surface area contributed by atoms with Crippen LogP contribution in [0.1, 0.15) is 24.5 Å². The van der Waals surface area contributed by atoms with E-state index in [1.165, 1.54) is 24.1 Å². The van der Waals surface area contributed by atoms with Crippen LogP contribution in [0.15, 0.2) is 83.8 Å². The SMILES string of the molecule is CC[C@@H](C(=O)NC)N(Cc1ccccc1C)C(=O)CN(c1ccccc1Cl)S(=O)(=O)c1ccccc1. The molecule has 0 aliphatic heterocycles. The average molecular weight is 528 g/mol. The number of halogens is 1. The van der Waals surface area contributed by atoms with Crippen molar-refractivity contribution < 1.29 is 18.0 Å². The smallest absolute Gasteiger partial charge is 0.264 e. The number of anilines is 1. The predicted molar refractivity (Wildman–Crippen MR) is 142 cm³/mol. The van der Waals surface area contributed by atoms with Crippen LogP contribution < -0.4 is 9.62 Å². The lowest BCUT2D eigenvalue weighted by Crippen LogP contribution is -2.51. The number of carbonyl (C=O) groups is 2. The molecule has 0 heterocycles. The maximum absolute atomic E-state index is 13.8. The molecule has 3 rings (SSSR count). The first-order valence-corrected chi connectivity index (χ1v) is 13.4. The Balaban J connectivity index is 2.08.